The molecule has 1 N–H and O–H groups in total. The Morgan fingerprint density at radius 3 is 2.50 bits per heavy atom. The highest BCUT2D eigenvalue weighted by atomic mass is 16.4. The van der Waals surface area contributed by atoms with E-state index in [0.29, 0.717) is 17.3 Å². The van der Waals surface area contributed by atoms with Crippen LogP contribution in [0.1, 0.15) is 36.0 Å². The molecule has 2 aromatic rings. The van der Waals surface area contributed by atoms with E-state index in [1.54, 1.807) is 6.20 Å². The van der Waals surface area contributed by atoms with Gasteiger partial charge in [-0.2, -0.15) is 0 Å². The van der Waals surface area contributed by atoms with Crippen LogP contribution >= 0.6 is 0 Å². The molecule has 1 saturated heterocycles. The lowest BCUT2D eigenvalue weighted by Crippen LogP contribution is -2.27. The third-order valence-electron chi connectivity index (χ3n) is 3.80. The van der Waals surface area contributed by atoms with Gasteiger partial charge in [0.25, 0.3) is 0 Å². The fraction of sp³-hybridized carbons (Fsp3) is 0.375. The SMILES string of the molecule is O=C(O)c1cnc(-c2ccccn2)nc1N1CCCCCC1. The molecule has 114 valence electrons. The maximum Gasteiger partial charge on any atom is 0.341 e. The van der Waals surface area contributed by atoms with Crippen LogP contribution in [0.15, 0.2) is 30.6 Å². The molecule has 0 amide bonds. The van der Waals surface area contributed by atoms with Crippen molar-refractivity contribution in [2.75, 3.05) is 18.0 Å². The van der Waals surface area contributed by atoms with Gasteiger partial charge in [0, 0.05) is 25.5 Å². The normalized spacial score (nSPS) is 15.4. The lowest BCUT2D eigenvalue weighted by atomic mass is 10.2. The van der Waals surface area contributed by atoms with E-state index in [2.05, 4.69) is 19.9 Å². The monoisotopic (exact) mass is 298 g/mol. The predicted octanol–water partition coefficient (Wildman–Crippen LogP) is 2.62. The first-order valence-electron chi connectivity index (χ1n) is 7.52. The summed E-state index contributed by atoms with van der Waals surface area (Å²) in [6.07, 6.45) is 7.53. The molecule has 2 aromatic heterocycles. The van der Waals surface area contributed by atoms with E-state index in [0.717, 1.165) is 25.9 Å². The number of aromatic carboxylic acids is 1. The molecule has 3 heterocycles. The Labute approximate surface area is 128 Å². The van der Waals surface area contributed by atoms with Gasteiger partial charge < -0.3 is 10.0 Å². The molecule has 0 unspecified atom stereocenters. The van der Waals surface area contributed by atoms with Crippen molar-refractivity contribution in [3.63, 3.8) is 0 Å². The van der Waals surface area contributed by atoms with Crippen molar-refractivity contribution in [1.82, 2.24) is 15.0 Å². The van der Waals surface area contributed by atoms with E-state index in [-0.39, 0.29) is 5.56 Å². The minimum atomic E-state index is -0.994. The molecule has 1 aliphatic heterocycles. The quantitative estimate of drug-likeness (QED) is 0.938. The Kier molecular flexibility index (Phi) is 4.27. The number of hydrogen-bond acceptors (Lipinski definition) is 5. The molecule has 0 bridgehead atoms. The van der Waals surface area contributed by atoms with Gasteiger partial charge in [-0.05, 0) is 25.0 Å². The van der Waals surface area contributed by atoms with Crippen LogP contribution in [0.5, 0.6) is 0 Å². The first-order valence-corrected chi connectivity index (χ1v) is 7.52. The van der Waals surface area contributed by atoms with E-state index >= 15 is 0 Å². The molecule has 3 rings (SSSR count). The minimum Gasteiger partial charge on any atom is -0.477 e. The number of aromatic nitrogens is 3. The van der Waals surface area contributed by atoms with E-state index in [9.17, 15) is 9.90 Å². The first-order chi connectivity index (χ1) is 10.8. The highest BCUT2D eigenvalue weighted by Crippen LogP contribution is 2.24. The molecular weight excluding hydrogens is 280 g/mol. The van der Waals surface area contributed by atoms with E-state index in [4.69, 9.17) is 0 Å². The van der Waals surface area contributed by atoms with E-state index in [1.807, 2.05) is 18.2 Å². The third-order valence-corrected chi connectivity index (χ3v) is 3.80. The standard InChI is InChI=1S/C16H18N4O2/c21-16(22)12-11-18-14(13-7-3-4-8-17-13)19-15(12)20-9-5-1-2-6-10-20/h3-4,7-8,11H,1-2,5-6,9-10H2,(H,21,22). The Morgan fingerprint density at radius 1 is 1.09 bits per heavy atom. The molecule has 0 atom stereocenters. The highest BCUT2D eigenvalue weighted by molar-refractivity contribution is 5.93. The summed E-state index contributed by atoms with van der Waals surface area (Å²) in [5, 5.41) is 9.41. The Balaban J connectivity index is 2.02. The van der Waals surface area contributed by atoms with Gasteiger partial charge in [-0.3, -0.25) is 4.98 Å². The molecule has 6 nitrogen and oxygen atoms in total. The van der Waals surface area contributed by atoms with Gasteiger partial charge in [-0.15, -0.1) is 0 Å². The second-order valence-electron chi connectivity index (χ2n) is 5.35. The number of carboxylic acid groups (broad SMARTS) is 1. The van der Waals surface area contributed by atoms with Crippen LogP contribution in [0, 0.1) is 0 Å². The van der Waals surface area contributed by atoms with Crippen molar-refractivity contribution in [3.8, 4) is 11.5 Å². The number of carbonyl (C=O) groups is 1. The van der Waals surface area contributed by atoms with Crippen molar-refractivity contribution in [1.29, 1.82) is 0 Å². The number of pyridine rings is 1. The summed E-state index contributed by atoms with van der Waals surface area (Å²) in [6, 6.07) is 5.51. The summed E-state index contributed by atoms with van der Waals surface area (Å²) in [6.45, 7) is 1.66. The van der Waals surface area contributed by atoms with Gasteiger partial charge in [0.2, 0.25) is 0 Å². The average molecular weight is 298 g/mol. The van der Waals surface area contributed by atoms with Crippen LogP contribution in [-0.2, 0) is 0 Å². The summed E-state index contributed by atoms with van der Waals surface area (Å²) in [4.78, 5) is 26.4. The smallest absolute Gasteiger partial charge is 0.341 e. The van der Waals surface area contributed by atoms with Crippen LogP contribution in [-0.4, -0.2) is 39.1 Å². The number of hydrogen-bond donors (Lipinski definition) is 1. The lowest BCUT2D eigenvalue weighted by molar-refractivity contribution is 0.0696. The summed E-state index contributed by atoms with van der Waals surface area (Å²) in [5.41, 5.74) is 0.803. The first kappa shape index (κ1) is 14.4. The lowest BCUT2D eigenvalue weighted by Gasteiger charge is -2.23. The minimum absolute atomic E-state index is 0.154. The third kappa shape index (κ3) is 3.05. The predicted molar refractivity (Wildman–Crippen MR) is 82.9 cm³/mol. The van der Waals surface area contributed by atoms with Crippen molar-refractivity contribution in [2.24, 2.45) is 0 Å². The molecule has 22 heavy (non-hydrogen) atoms. The molecule has 0 radical (unpaired) electrons. The fourth-order valence-corrected chi connectivity index (χ4v) is 2.67. The van der Waals surface area contributed by atoms with Gasteiger partial charge in [0.05, 0.1) is 0 Å². The number of carboxylic acids is 1. The van der Waals surface area contributed by atoms with Crippen LogP contribution < -0.4 is 4.90 Å². The molecule has 0 spiro atoms. The fourth-order valence-electron chi connectivity index (χ4n) is 2.67. The largest absolute Gasteiger partial charge is 0.477 e. The Morgan fingerprint density at radius 2 is 1.86 bits per heavy atom. The van der Waals surface area contributed by atoms with Gasteiger partial charge in [-0.25, -0.2) is 14.8 Å². The molecule has 1 aliphatic rings. The zero-order valence-corrected chi connectivity index (χ0v) is 12.3. The topological polar surface area (TPSA) is 79.2 Å². The van der Waals surface area contributed by atoms with Crippen LogP contribution in [0.25, 0.3) is 11.5 Å². The maximum absolute atomic E-state index is 11.5. The van der Waals surface area contributed by atoms with Gasteiger partial charge >= 0.3 is 5.97 Å². The van der Waals surface area contributed by atoms with Crippen molar-refractivity contribution in [3.05, 3.63) is 36.2 Å². The van der Waals surface area contributed by atoms with Crippen molar-refractivity contribution < 1.29 is 9.90 Å². The van der Waals surface area contributed by atoms with Gasteiger partial charge in [-0.1, -0.05) is 18.9 Å². The van der Waals surface area contributed by atoms with Crippen molar-refractivity contribution in [2.45, 2.75) is 25.7 Å². The highest BCUT2D eigenvalue weighted by Gasteiger charge is 2.21. The molecule has 0 aliphatic carbocycles. The van der Waals surface area contributed by atoms with Gasteiger partial charge in [0.15, 0.2) is 5.82 Å². The average Bonchev–Trinajstić information content (AvgIpc) is 2.84. The van der Waals surface area contributed by atoms with Crippen molar-refractivity contribution >= 4 is 11.8 Å². The summed E-state index contributed by atoms with van der Waals surface area (Å²) < 4.78 is 0. The zero-order chi connectivity index (χ0) is 15.4. The maximum atomic E-state index is 11.5. The summed E-state index contributed by atoms with van der Waals surface area (Å²) in [7, 11) is 0. The van der Waals surface area contributed by atoms with E-state index < -0.39 is 5.97 Å². The number of anilines is 1. The molecule has 0 saturated carbocycles. The number of rotatable bonds is 3. The summed E-state index contributed by atoms with van der Waals surface area (Å²) >= 11 is 0. The molecule has 0 aromatic carbocycles. The second-order valence-corrected chi connectivity index (χ2v) is 5.35. The van der Waals surface area contributed by atoms with Gasteiger partial charge in [0.1, 0.15) is 17.1 Å². The Bertz CT molecular complexity index is 652. The summed E-state index contributed by atoms with van der Waals surface area (Å²) in [5.74, 6) is -0.0262. The van der Waals surface area contributed by atoms with Crippen LogP contribution in [0.2, 0.25) is 0 Å². The van der Waals surface area contributed by atoms with Crippen LogP contribution in [0.3, 0.4) is 0 Å². The number of nitrogens with zero attached hydrogens (tertiary/aromatic N) is 4. The molecule has 1 fully saturated rings. The van der Waals surface area contributed by atoms with E-state index in [1.165, 1.54) is 19.0 Å². The molecular formula is C16H18N4O2. The Hall–Kier alpha value is -2.50. The molecule has 6 heteroatoms. The zero-order valence-electron chi connectivity index (χ0n) is 12.3. The van der Waals surface area contributed by atoms with Crippen LogP contribution in [0.4, 0.5) is 5.82 Å². The second kappa shape index (κ2) is 6.51.